The number of nitrogens with zero attached hydrogens (tertiary/aromatic N) is 1. The first-order valence-electron chi connectivity index (χ1n) is 7.09. The SMILES string of the molecule is O=C(/C=C/c1cccc([N+](=O)[O-])c1)NCCC1CCCN1. The number of nitrogens with one attached hydrogen (secondary N) is 2. The van der Waals surface area contributed by atoms with E-state index in [1.54, 1.807) is 18.2 Å². The number of nitro groups is 1. The van der Waals surface area contributed by atoms with E-state index in [2.05, 4.69) is 10.6 Å². The molecule has 6 heteroatoms. The van der Waals surface area contributed by atoms with Gasteiger partial charge in [0, 0.05) is 30.8 Å². The van der Waals surface area contributed by atoms with Crippen LogP contribution in [0.25, 0.3) is 6.08 Å². The summed E-state index contributed by atoms with van der Waals surface area (Å²) >= 11 is 0. The minimum atomic E-state index is -0.452. The molecule has 1 atom stereocenters. The molecule has 1 aromatic rings. The molecule has 1 aliphatic rings. The Hall–Kier alpha value is -2.21. The molecular weight excluding hydrogens is 270 g/mol. The van der Waals surface area contributed by atoms with Crippen LogP contribution in [0.15, 0.2) is 30.3 Å². The standard InChI is InChI=1S/C15H19N3O3/c19-15(17-10-8-13-4-2-9-16-13)7-6-12-3-1-5-14(11-12)18(20)21/h1,3,5-7,11,13,16H,2,4,8-10H2,(H,17,19)/b7-6+. The summed E-state index contributed by atoms with van der Waals surface area (Å²) in [6, 6.07) is 6.69. The molecular formula is C15H19N3O3. The van der Waals surface area contributed by atoms with E-state index in [4.69, 9.17) is 0 Å². The van der Waals surface area contributed by atoms with Crippen LogP contribution in [0.5, 0.6) is 0 Å². The van der Waals surface area contributed by atoms with E-state index in [0.29, 0.717) is 18.2 Å². The van der Waals surface area contributed by atoms with E-state index in [1.807, 2.05) is 0 Å². The monoisotopic (exact) mass is 289 g/mol. The molecule has 1 amide bonds. The number of amides is 1. The van der Waals surface area contributed by atoms with Gasteiger partial charge in [-0.3, -0.25) is 14.9 Å². The molecule has 112 valence electrons. The van der Waals surface area contributed by atoms with Gasteiger partial charge in [-0.15, -0.1) is 0 Å². The fourth-order valence-corrected chi connectivity index (χ4v) is 2.35. The third kappa shape index (κ3) is 5.00. The molecule has 1 aliphatic heterocycles. The second-order valence-corrected chi connectivity index (χ2v) is 5.06. The van der Waals surface area contributed by atoms with Gasteiger partial charge in [0.1, 0.15) is 0 Å². The van der Waals surface area contributed by atoms with Crippen molar-refractivity contribution < 1.29 is 9.72 Å². The first kappa shape index (κ1) is 15.2. The Bertz CT molecular complexity index is 537. The molecule has 2 N–H and O–H groups in total. The van der Waals surface area contributed by atoms with Gasteiger partial charge in [-0.05, 0) is 37.4 Å². The lowest BCUT2D eigenvalue weighted by Crippen LogP contribution is -2.29. The van der Waals surface area contributed by atoms with E-state index in [9.17, 15) is 14.9 Å². The molecule has 0 saturated carbocycles. The number of rotatable bonds is 6. The Kier molecular flexibility index (Phi) is 5.45. The first-order valence-corrected chi connectivity index (χ1v) is 7.09. The lowest BCUT2D eigenvalue weighted by molar-refractivity contribution is -0.384. The van der Waals surface area contributed by atoms with E-state index < -0.39 is 4.92 Å². The molecule has 0 radical (unpaired) electrons. The van der Waals surface area contributed by atoms with Gasteiger partial charge in [-0.1, -0.05) is 12.1 Å². The van der Waals surface area contributed by atoms with Gasteiger partial charge in [0.15, 0.2) is 0 Å². The van der Waals surface area contributed by atoms with Crippen molar-refractivity contribution in [3.05, 3.63) is 46.0 Å². The van der Waals surface area contributed by atoms with Crippen molar-refractivity contribution in [3.8, 4) is 0 Å². The first-order chi connectivity index (χ1) is 10.1. The molecule has 0 aromatic heterocycles. The Morgan fingerprint density at radius 2 is 2.38 bits per heavy atom. The molecule has 1 unspecified atom stereocenters. The predicted octanol–water partition coefficient (Wildman–Crippen LogP) is 1.87. The van der Waals surface area contributed by atoms with Crippen LogP contribution in [-0.2, 0) is 4.79 Å². The average molecular weight is 289 g/mol. The van der Waals surface area contributed by atoms with Crippen LogP contribution in [0.4, 0.5) is 5.69 Å². The second-order valence-electron chi connectivity index (χ2n) is 5.06. The molecule has 0 spiro atoms. The summed E-state index contributed by atoms with van der Waals surface area (Å²) in [5.41, 5.74) is 0.654. The summed E-state index contributed by atoms with van der Waals surface area (Å²) in [6.07, 6.45) is 6.28. The molecule has 1 aromatic carbocycles. The van der Waals surface area contributed by atoms with Crippen molar-refractivity contribution in [3.63, 3.8) is 0 Å². The van der Waals surface area contributed by atoms with E-state index in [-0.39, 0.29) is 11.6 Å². The summed E-state index contributed by atoms with van der Waals surface area (Å²) in [5.74, 6) is -0.181. The van der Waals surface area contributed by atoms with Crippen LogP contribution in [0.2, 0.25) is 0 Å². The van der Waals surface area contributed by atoms with Gasteiger partial charge in [-0.2, -0.15) is 0 Å². The Morgan fingerprint density at radius 3 is 3.10 bits per heavy atom. The number of non-ortho nitro benzene ring substituents is 1. The summed E-state index contributed by atoms with van der Waals surface area (Å²) in [4.78, 5) is 21.9. The van der Waals surface area contributed by atoms with Crippen LogP contribution in [0.1, 0.15) is 24.8 Å². The Labute approximate surface area is 123 Å². The topological polar surface area (TPSA) is 84.3 Å². The van der Waals surface area contributed by atoms with E-state index in [0.717, 1.165) is 13.0 Å². The number of carbonyl (C=O) groups excluding carboxylic acids is 1. The molecule has 1 heterocycles. The summed E-state index contributed by atoms with van der Waals surface area (Å²) in [7, 11) is 0. The second kappa shape index (κ2) is 7.54. The maximum Gasteiger partial charge on any atom is 0.270 e. The summed E-state index contributed by atoms with van der Waals surface area (Å²) in [6.45, 7) is 1.70. The van der Waals surface area contributed by atoms with Crippen molar-refractivity contribution in [2.45, 2.75) is 25.3 Å². The van der Waals surface area contributed by atoms with Gasteiger partial charge in [0.05, 0.1) is 4.92 Å². The zero-order valence-electron chi connectivity index (χ0n) is 11.7. The minimum Gasteiger partial charge on any atom is -0.352 e. The summed E-state index contributed by atoms with van der Waals surface area (Å²) in [5, 5.41) is 16.8. The van der Waals surface area contributed by atoms with E-state index >= 15 is 0 Å². The van der Waals surface area contributed by atoms with Gasteiger partial charge in [0.25, 0.3) is 5.69 Å². The van der Waals surface area contributed by atoms with Gasteiger partial charge < -0.3 is 10.6 Å². The van der Waals surface area contributed by atoms with E-state index in [1.165, 1.54) is 31.1 Å². The molecule has 1 fully saturated rings. The van der Waals surface area contributed by atoms with Crippen molar-refractivity contribution in [2.24, 2.45) is 0 Å². The highest BCUT2D eigenvalue weighted by atomic mass is 16.6. The molecule has 2 rings (SSSR count). The van der Waals surface area contributed by atoms with Crippen LogP contribution in [0.3, 0.4) is 0 Å². The van der Waals surface area contributed by atoms with Crippen molar-refractivity contribution in [1.82, 2.24) is 10.6 Å². The Balaban J connectivity index is 1.78. The lowest BCUT2D eigenvalue weighted by atomic mass is 10.1. The molecule has 1 saturated heterocycles. The van der Waals surface area contributed by atoms with Crippen molar-refractivity contribution in [1.29, 1.82) is 0 Å². The quantitative estimate of drug-likeness (QED) is 0.475. The fourth-order valence-electron chi connectivity index (χ4n) is 2.35. The highest BCUT2D eigenvalue weighted by molar-refractivity contribution is 5.91. The number of benzene rings is 1. The van der Waals surface area contributed by atoms with Crippen molar-refractivity contribution >= 4 is 17.7 Å². The molecule has 0 aliphatic carbocycles. The normalized spacial score (nSPS) is 18.0. The number of carbonyl (C=O) groups is 1. The summed E-state index contributed by atoms with van der Waals surface area (Å²) < 4.78 is 0. The highest BCUT2D eigenvalue weighted by Gasteiger charge is 2.13. The van der Waals surface area contributed by atoms with Gasteiger partial charge in [0.2, 0.25) is 5.91 Å². The Morgan fingerprint density at radius 1 is 1.52 bits per heavy atom. The van der Waals surface area contributed by atoms with Crippen LogP contribution in [0, 0.1) is 10.1 Å². The number of nitro benzene ring substituents is 1. The van der Waals surface area contributed by atoms with Gasteiger partial charge in [-0.25, -0.2) is 0 Å². The third-order valence-electron chi connectivity index (χ3n) is 3.46. The fraction of sp³-hybridized carbons (Fsp3) is 0.400. The zero-order chi connectivity index (χ0) is 15.1. The highest BCUT2D eigenvalue weighted by Crippen LogP contribution is 2.14. The molecule has 0 bridgehead atoms. The van der Waals surface area contributed by atoms with Crippen LogP contribution in [-0.4, -0.2) is 30.0 Å². The smallest absolute Gasteiger partial charge is 0.270 e. The molecule has 6 nitrogen and oxygen atoms in total. The van der Waals surface area contributed by atoms with Gasteiger partial charge >= 0.3 is 0 Å². The zero-order valence-corrected chi connectivity index (χ0v) is 11.7. The van der Waals surface area contributed by atoms with Crippen molar-refractivity contribution in [2.75, 3.05) is 13.1 Å². The minimum absolute atomic E-state index is 0.0184. The maximum absolute atomic E-state index is 11.7. The number of hydrogen-bond acceptors (Lipinski definition) is 4. The lowest BCUT2D eigenvalue weighted by Gasteiger charge is -2.09. The predicted molar refractivity (Wildman–Crippen MR) is 80.8 cm³/mol. The average Bonchev–Trinajstić information content (AvgIpc) is 2.99. The largest absolute Gasteiger partial charge is 0.352 e. The van der Waals surface area contributed by atoms with Crippen LogP contribution >= 0.6 is 0 Å². The van der Waals surface area contributed by atoms with Crippen LogP contribution < -0.4 is 10.6 Å². The number of hydrogen-bond donors (Lipinski definition) is 2. The third-order valence-corrected chi connectivity index (χ3v) is 3.46. The molecule has 21 heavy (non-hydrogen) atoms. The maximum atomic E-state index is 11.7.